The molecule has 0 radical (unpaired) electrons. The lowest BCUT2D eigenvalue weighted by Gasteiger charge is -2.39. The van der Waals surface area contributed by atoms with Gasteiger partial charge in [-0.1, -0.05) is 233 Å². The number of hydrogen-bond acceptors (Lipinski definition) is 15. The first kappa shape index (κ1) is 75.0. The molecule has 0 aromatic rings. The van der Waals surface area contributed by atoms with Crippen LogP contribution in [0.1, 0.15) is 285 Å². The highest BCUT2D eigenvalue weighted by molar-refractivity contribution is 7.48. The quantitative estimate of drug-likeness (QED) is 0.0332. The smallest absolute Gasteiger partial charge is 0.394 e. The molecule has 1 heterocycles. The predicted molar refractivity (Wildman–Crippen MR) is 314 cm³/mol. The molecule has 77 heavy (non-hydrogen) atoms. The number of nitrogens with zero attached hydrogens (tertiary/aromatic N) is 1. The molecule has 0 aliphatic carbocycles. The molecule has 1 aliphatic heterocycles. The van der Waals surface area contributed by atoms with Crippen molar-refractivity contribution in [2.24, 2.45) is 0 Å². The molecule has 1 saturated heterocycles. The van der Waals surface area contributed by atoms with Crippen molar-refractivity contribution in [1.82, 2.24) is 4.90 Å². The van der Waals surface area contributed by atoms with Crippen LogP contribution in [0.5, 0.6) is 0 Å². The number of ether oxygens (including phenoxy) is 2. The number of phosphoric ester groups is 2. The molecule has 0 unspecified atom stereocenters. The van der Waals surface area contributed by atoms with Crippen LogP contribution < -0.4 is 0 Å². The first-order chi connectivity index (χ1) is 37.6. The molecule has 17 heteroatoms. The van der Waals surface area contributed by atoms with E-state index in [0.29, 0.717) is 71.7 Å². The molecule has 0 bridgehead atoms. The SMILES string of the molecule is CCCCCCCCCCCOP(=O)(OCCCCCCCCCCC)OCCCN(CCCCO[C@H]1O[C@H](CO)[C@@H](O)[C@H](O)[C@@H]1O)CCCOP(=O)(OCCCCCCCCCCC)OCCCCCCCCCCC. The summed E-state index contributed by atoms with van der Waals surface area (Å²) in [4.78, 5) is 2.26. The summed E-state index contributed by atoms with van der Waals surface area (Å²) in [6.07, 6.45) is 38.1. The van der Waals surface area contributed by atoms with Crippen LogP contribution in [0.25, 0.3) is 0 Å². The third-order valence-electron chi connectivity index (χ3n) is 14.7. The third-order valence-corrected chi connectivity index (χ3v) is 17.7. The lowest BCUT2D eigenvalue weighted by Crippen LogP contribution is -2.59. The monoisotopic (exact) mass is 1140 g/mol. The molecule has 0 aromatic heterocycles. The summed E-state index contributed by atoms with van der Waals surface area (Å²) >= 11 is 0. The van der Waals surface area contributed by atoms with Gasteiger partial charge in [-0.05, 0) is 57.9 Å². The van der Waals surface area contributed by atoms with Crippen LogP contribution >= 0.6 is 15.6 Å². The molecule has 0 spiro atoms. The van der Waals surface area contributed by atoms with Gasteiger partial charge in [0, 0.05) is 19.7 Å². The lowest BCUT2D eigenvalue weighted by molar-refractivity contribution is -0.301. The minimum Gasteiger partial charge on any atom is -0.394 e. The average molecular weight is 1140 g/mol. The van der Waals surface area contributed by atoms with E-state index < -0.39 is 53.0 Å². The Balaban J connectivity index is 2.91. The maximum Gasteiger partial charge on any atom is 0.474 e. The second-order valence-corrected chi connectivity index (χ2v) is 25.4. The number of unbranched alkanes of at least 4 members (excludes halogenated alkanes) is 33. The van der Waals surface area contributed by atoms with Gasteiger partial charge in [-0.3, -0.25) is 27.1 Å². The van der Waals surface area contributed by atoms with E-state index in [1.165, 1.54) is 154 Å². The van der Waals surface area contributed by atoms with E-state index in [0.717, 1.165) is 77.0 Å². The zero-order valence-corrected chi connectivity index (χ0v) is 52.0. The molecule has 1 rings (SSSR count). The van der Waals surface area contributed by atoms with Gasteiger partial charge < -0.3 is 34.8 Å². The van der Waals surface area contributed by atoms with E-state index in [9.17, 15) is 29.6 Å². The standard InChI is InChI=1S/C60H123NO14P2/c1-5-9-13-17-21-25-29-33-38-49-69-76(66,70-50-39-34-30-26-22-18-14-10-6-2)73-53-43-46-61(45-37-42-48-68-60-59(65)58(64)57(63)56(55-62)75-60)47-44-54-74-77(67,71-51-40-35-31-27-23-19-15-11-7-3)72-52-41-36-32-28-24-20-16-12-8-4/h56-60,62-65H,5-55H2,1-4H3/t56-,57-,58+,59+,60+/m1/s1. The van der Waals surface area contributed by atoms with E-state index in [1.807, 2.05) is 0 Å². The van der Waals surface area contributed by atoms with Gasteiger partial charge in [0.05, 0.1) is 46.2 Å². The molecule has 15 nitrogen and oxygen atoms in total. The molecule has 0 saturated carbocycles. The second-order valence-electron chi connectivity index (χ2n) is 22.0. The van der Waals surface area contributed by atoms with Gasteiger partial charge in [-0.2, -0.15) is 0 Å². The molecule has 0 aromatic carbocycles. The van der Waals surface area contributed by atoms with Gasteiger partial charge in [0.25, 0.3) is 0 Å². The van der Waals surface area contributed by atoms with Crippen molar-refractivity contribution in [2.45, 2.75) is 315 Å². The molecular formula is C60H123NO14P2. The summed E-state index contributed by atoms with van der Waals surface area (Å²) in [7, 11) is -7.56. The minimum absolute atomic E-state index is 0.189. The maximum absolute atomic E-state index is 14.0. The summed E-state index contributed by atoms with van der Waals surface area (Å²) in [5, 5.41) is 40.5. The number of hydrogen-bond donors (Lipinski definition) is 4. The van der Waals surface area contributed by atoms with Crippen molar-refractivity contribution >= 4 is 15.6 Å². The fourth-order valence-electron chi connectivity index (χ4n) is 9.69. The highest BCUT2D eigenvalue weighted by Gasteiger charge is 2.44. The summed E-state index contributed by atoms with van der Waals surface area (Å²) in [5.41, 5.74) is 0. The van der Waals surface area contributed by atoms with E-state index in [-0.39, 0.29) is 19.8 Å². The van der Waals surface area contributed by atoms with Crippen LogP contribution in [0.3, 0.4) is 0 Å². The molecule has 5 atom stereocenters. The Morgan fingerprint density at radius 2 is 0.597 bits per heavy atom. The number of rotatable bonds is 61. The molecular weight excluding hydrogens is 1020 g/mol. The Bertz CT molecular complexity index is 1210. The maximum atomic E-state index is 14.0. The Morgan fingerprint density at radius 3 is 0.896 bits per heavy atom. The summed E-state index contributed by atoms with van der Waals surface area (Å²) in [5.74, 6) is 0. The largest absolute Gasteiger partial charge is 0.474 e. The summed E-state index contributed by atoms with van der Waals surface area (Å²) in [6, 6.07) is 0. The second kappa shape index (κ2) is 53.9. The van der Waals surface area contributed by atoms with Crippen molar-refractivity contribution < 1.29 is 66.2 Å². The predicted octanol–water partition coefficient (Wildman–Crippen LogP) is 16.1. The van der Waals surface area contributed by atoms with Gasteiger partial charge in [0.1, 0.15) is 24.4 Å². The van der Waals surface area contributed by atoms with Gasteiger partial charge >= 0.3 is 15.6 Å². The minimum atomic E-state index is -3.78. The Kier molecular flexibility index (Phi) is 52.5. The van der Waals surface area contributed by atoms with E-state index in [1.54, 1.807) is 0 Å². The molecule has 1 aliphatic rings. The molecule has 1 fully saturated rings. The Hall–Kier alpha value is -0.0600. The van der Waals surface area contributed by atoms with Gasteiger partial charge in [0.15, 0.2) is 6.29 Å². The topological polar surface area (TPSA) is 192 Å². The van der Waals surface area contributed by atoms with Crippen LogP contribution in [0.4, 0.5) is 0 Å². The van der Waals surface area contributed by atoms with Crippen LogP contribution in [0.15, 0.2) is 0 Å². The normalized spacial score (nSPS) is 18.3. The summed E-state index contributed by atoms with van der Waals surface area (Å²) < 4.78 is 75.2. The highest BCUT2D eigenvalue weighted by Crippen LogP contribution is 2.51. The molecule has 462 valence electrons. The van der Waals surface area contributed by atoms with Gasteiger partial charge in [-0.15, -0.1) is 0 Å². The first-order valence-electron chi connectivity index (χ1n) is 32.3. The first-order valence-corrected chi connectivity index (χ1v) is 35.2. The van der Waals surface area contributed by atoms with E-state index in [4.69, 9.17) is 36.6 Å². The fourth-order valence-corrected chi connectivity index (χ4v) is 12.2. The van der Waals surface area contributed by atoms with Crippen LogP contribution in [0.2, 0.25) is 0 Å². The van der Waals surface area contributed by atoms with Crippen molar-refractivity contribution in [3.05, 3.63) is 0 Å². The zero-order chi connectivity index (χ0) is 56.2. The van der Waals surface area contributed by atoms with E-state index >= 15 is 0 Å². The molecule has 4 N–H and O–H groups in total. The zero-order valence-electron chi connectivity index (χ0n) is 50.2. The van der Waals surface area contributed by atoms with Crippen molar-refractivity contribution in [3.63, 3.8) is 0 Å². The number of phosphoric acid groups is 2. The highest BCUT2D eigenvalue weighted by atomic mass is 31.2. The van der Waals surface area contributed by atoms with Crippen LogP contribution in [-0.4, -0.2) is 129 Å². The number of aliphatic hydroxyl groups excluding tert-OH is 4. The Labute approximate surface area is 472 Å². The Morgan fingerprint density at radius 1 is 0.338 bits per heavy atom. The van der Waals surface area contributed by atoms with Crippen LogP contribution in [-0.2, 0) is 45.7 Å². The van der Waals surface area contributed by atoms with Crippen molar-refractivity contribution in [3.8, 4) is 0 Å². The van der Waals surface area contributed by atoms with Gasteiger partial charge in [-0.25, -0.2) is 9.13 Å². The third kappa shape index (κ3) is 43.3. The average Bonchev–Trinajstić information content (AvgIpc) is 3.42. The van der Waals surface area contributed by atoms with Crippen LogP contribution in [0, 0.1) is 0 Å². The van der Waals surface area contributed by atoms with E-state index in [2.05, 4.69) is 32.6 Å². The van der Waals surface area contributed by atoms with Gasteiger partial charge in [0.2, 0.25) is 0 Å². The molecule has 0 amide bonds. The van der Waals surface area contributed by atoms with Crippen molar-refractivity contribution in [2.75, 3.05) is 72.5 Å². The lowest BCUT2D eigenvalue weighted by atomic mass is 9.99. The number of aliphatic hydroxyl groups is 4. The van der Waals surface area contributed by atoms with Crippen molar-refractivity contribution in [1.29, 1.82) is 0 Å². The fraction of sp³-hybridized carbons (Fsp3) is 1.00. The summed E-state index contributed by atoms with van der Waals surface area (Å²) in [6.45, 7) is 12.3.